The normalized spacial score (nSPS) is 12.8. The molecule has 0 bridgehead atoms. The van der Waals surface area contributed by atoms with Crippen molar-refractivity contribution in [3.63, 3.8) is 0 Å². The fourth-order valence-electron chi connectivity index (χ4n) is 2.75. The molecule has 2 nitrogen and oxygen atoms in total. The minimum absolute atomic E-state index is 0.302. The molecule has 0 aliphatic carbocycles. The van der Waals surface area contributed by atoms with Crippen molar-refractivity contribution in [2.45, 2.75) is 78.2 Å². The fourth-order valence-corrected chi connectivity index (χ4v) is 3.13. The van der Waals surface area contributed by atoms with Gasteiger partial charge in [0.25, 0.3) is 0 Å². The third-order valence-corrected chi connectivity index (χ3v) is 4.71. The van der Waals surface area contributed by atoms with Crippen LogP contribution in [-0.2, 0) is 4.74 Å². The van der Waals surface area contributed by atoms with E-state index in [1.165, 1.54) is 44.6 Å². The second kappa shape index (κ2) is 11.6. The van der Waals surface area contributed by atoms with Gasteiger partial charge < -0.3 is 4.74 Å². The molecule has 1 atom stereocenters. The molecule has 0 saturated carbocycles. The Bertz CT molecular complexity index is 548. The summed E-state index contributed by atoms with van der Waals surface area (Å²) in [7, 11) is 0. The maximum absolute atomic E-state index is 13.8. The summed E-state index contributed by atoms with van der Waals surface area (Å²) >= 11 is 3.30. The van der Waals surface area contributed by atoms with E-state index in [1.54, 1.807) is 12.1 Å². The number of hydrogen-bond donors (Lipinski definition) is 0. The van der Waals surface area contributed by atoms with Gasteiger partial charge in [0.2, 0.25) is 0 Å². The molecule has 0 heterocycles. The minimum Gasteiger partial charge on any atom is -0.358 e. The summed E-state index contributed by atoms with van der Waals surface area (Å²) in [6.07, 6.45) is 8.83. The summed E-state index contributed by atoms with van der Waals surface area (Å²) in [6.45, 7) is 7.37. The Morgan fingerprint density at radius 3 is 2.28 bits per heavy atom. The number of ether oxygens (including phenoxy) is 1. The number of nitrogens with zero attached hydrogens (tertiary/aromatic N) is 1. The van der Waals surface area contributed by atoms with E-state index in [4.69, 9.17) is 4.74 Å². The van der Waals surface area contributed by atoms with Crippen molar-refractivity contribution in [3.05, 3.63) is 34.1 Å². The second-order valence-corrected chi connectivity index (χ2v) is 8.75. The molecule has 140 valence electrons. The van der Waals surface area contributed by atoms with Crippen LogP contribution in [0, 0.1) is 22.6 Å². The van der Waals surface area contributed by atoms with Crippen molar-refractivity contribution in [1.29, 1.82) is 5.26 Å². The van der Waals surface area contributed by atoms with Gasteiger partial charge in [-0.25, -0.2) is 4.39 Å². The number of hydrogen-bond acceptors (Lipinski definition) is 2. The molecule has 4 heteroatoms. The summed E-state index contributed by atoms with van der Waals surface area (Å²) in [6, 6.07) is 6.63. The Hall–Kier alpha value is -0.920. The first-order valence-corrected chi connectivity index (χ1v) is 10.1. The lowest BCUT2D eigenvalue weighted by Crippen LogP contribution is -2.06. The van der Waals surface area contributed by atoms with E-state index in [-0.39, 0.29) is 0 Å². The molecule has 0 fully saturated rings. The Morgan fingerprint density at radius 2 is 1.68 bits per heavy atom. The Morgan fingerprint density at radius 1 is 1.08 bits per heavy atom. The lowest BCUT2D eigenvalue weighted by molar-refractivity contribution is 0.0843. The van der Waals surface area contributed by atoms with Gasteiger partial charge >= 0.3 is 0 Å². The monoisotopic (exact) mass is 411 g/mol. The van der Waals surface area contributed by atoms with Gasteiger partial charge in [-0.3, -0.25) is 0 Å². The highest BCUT2D eigenvalue weighted by Crippen LogP contribution is 2.25. The summed E-state index contributed by atoms with van der Waals surface area (Å²) in [5.41, 5.74) is 0.748. The SMILES string of the molecule is CC(C)(C)CCCCCCCCCOC(C#N)c1cc(Br)ccc1F. The highest BCUT2D eigenvalue weighted by molar-refractivity contribution is 9.10. The van der Waals surface area contributed by atoms with Gasteiger partial charge in [-0.1, -0.05) is 75.2 Å². The molecule has 0 aromatic heterocycles. The van der Waals surface area contributed by atoms with E-state index in [0.29, 0.717) is 17.6 Å². The molecule has 0 spiro atoms. The van der Waals surface area contributed by atoms with Gasteiger partial charge in [-0.05, 0) is 36.5 Å². The molecule has 1 aromatic carbocycles. The van der Waals surface area contributed by atoms with E-state index >= 15 is 0 Å². The van der Waals surface area contributed by atoms with E-state index in [2.05, 4.69) is 36.7 Å². The molecule has 1 unspecified atom stereocenters. The topological polar surface area (TPSA) is 33.0 Å². The van der Waals surface area contributed by atoms with Gasteiger partial charge in [0.05, 0.1) is 6.07 Å². The van der Waals surface area contributed by atoms with Crippen LogP contribution in [-0.4, -0.2) is 6.61 Å². The molecule has 25 heavy (non-hydrogen) atoms. The molecular formula is C21H31BrFNO. The average Bonchev–Trinajstić information content (AvgIpc) is 2.54. The lowest BCUT2D eigenvalue weighted by Gasteiger charge is -2.17. The quantitative estimate of drug-likeness (QED) is 0.356. The first-order valence-electron chi connectivity index (χ1n) is 9.29. The predicted octanol–water partition coefficient (Wildman–Crippen LogP) is 7.34. The molecule has 0 radical (unpaired) electrons. The van der Waals surface area contributed by atoms with Crippen molar-refractivity contribution >= 4 is 15.9 Å². The van der Waals surface area contributed by atoms with Gasteiger partial charge in [-0.2, -0.15) is 5.26 Å². The zero-order chi connectivity index (χ0) is 18.7. The first kappa shape index (κ1) is 22.1. The summed E-state index contributed by atoms with van der Waals surface area (Å²) in [4.78, 5) is 0. The van der Waals surface area contributed by atoms with Crippen molar-refractivity contribution in [2.75, 3.05) is 6.61 Å². The van der Waals surface area contributed by atoms with E-state index < -0.39 is 11.9 Å². The molecule has 0 N–H and O–H groups in total. The number of nitriles is 1. The summed E-state index contributed by atoms with van der Waals surface area (Å²) in [5, 5.41) is 9.22. The third kappa shape index (κ3) is 9.97. The first-order chi connectivity index (χ1) is 11.8. The number of rotatable bonds is 11. The Labute approximate surface area is 160 Å². The van der Waals surface area contributed by atoms with Crippen LogP contribution < -0.4 is 0 Å². The van der Waals surface area contributed by atoms with Crippen molar-refractivity contribution in [2.24, 2.45) is 5.41 Å². The van der Waals surface area contributed by atoms with E-state index in [0.717, 1.165) is 17.3 Å². The maximum Gasteiger partial charge on any atom is 0.171 e. The smallest absolute Gasteiger partial charge is 0.171 e. The molecule has 0 amide bonds. The number of benzene rings is 1. The third-order valence-electron chi connectivity index (χ3n) is 4.21. The molecule has 0 saturated heterocycles. The molecule has 1 aromatic rings. The number of unbranched alkanes of at least 4 members (excludes halogenated alkanes) is 6. The van der Waals surface area contributed by atoms with Crippen LogP contribution in [0.4, 0.5) is 4.39 Å². The van der Waals surface area contributed by atoms with Gasteiger partial charge in [-0.15, -0.1) is 0 Å². The number of halogens is 2. The Balaban J connectivity index is 2.12. The molecule has 0 aliphatic heterocycles. The van der Waals surface area contributed by atoms with Crippen LogP contribution in [0.3, 0.4) is 0 Å². The fraction of sp³-hybridized carbons (Fsp3) is 0.667. The lowest BCUT2D eigenvalue weighted by atomic mass is 9.89. The highest BCUT2D eigenvalue weighted by Gasteiger charge is 2.16. The highest BCUT2D eigenvalue weighted by atomic mass is 79.9. The van der Waals surface area contributed by atoms with Gasteiger partial charge in [0, 0.05) is 16.6 Å². The Kier molecular flexibility index (Phi) is 10.3. The van der Waals surface area contributed by atoms with Crippen LogP contribution >= 0.6 is 15.9 Å². The second-order valence-electron chi connectivity index (χ2n) is 7.83. The minimum atomic E-state index is -0.838. The van der Waals surface area contributed by atoms with Crippen LogP contribution in [0.1, 0.15) is 83.8 Å². The van der Waals surface area contributed by atoms with Crippen molar-refractivity contribution < 1.29 is 9.13 Å². The summed E-state index contributed by atoms with van der Waals surface area (Å²) in [5.74, 6) is -0.398. The van der Waals surface area contributed by atoms with Crippen LogP contribution in [0.15, 0.2) is 22.7 Å². The van der Waals surface area contributed by atoms with Crippen molar-refractivity contribution in [3.8, 4) is 6.07 Å². The van der Waals surface area contributed by atoms with Crippen LogP contribution in [0.5, 0.6) is 0 Å². The molecule has 1 rings (SSSR count). The zero-order valence-electron chi connectivity index (χ0n) is 15.8. The van der Waals surface area contributed by atoms with Crippen LogP contribution in [0.25, 0.3) is 0 Å². The van der Waals surface area contributed by atoms with Crippen molar-refractivity contribution in [1.82, 2.24) is 0 Å². The molecule has 0 aliphatic rings. The van der Waals surface area contributed by atoms with Crippen LogP contribution in [0.2, 0.25) is 0 Å². The average molecular weight is 412 g/mol. The van der Waals surface area contributed by atoms with Gasteiger partial charge in [0.1, 0.15) is 5.82 Å². The van der Waals surface area contributed by atoms with E-state index in [1.807, 2.05) is 6.07 Å². The predicted molar refractivity (Wildman–Crippen MR) is 105 cm³/mol. The zero-order valence-corrected chi connectivity index (χ0v) is 17.4. The molecular weight excluding hydrogens is 381 g/mol. The van der Waals surface area contributed by atoms with E-state index in [9.17, 15) is 9.65 Å². The standard InChI is InChI=1S/C21H31BrFNO/c1-21(2,3)13-9-7-5-4-6-8-10-14-25-20(16-24)18-15-17(22)11-12-19(18)23/h11-12,15,20H,4-10,13-14H2,1-3H3. The maximum atomic E-state index is 13.8. The summed E-state index contributed by atoms with van der Waals surface area (Å²) < 4.78 is 20.1. The van der Waals surface area contributed by atoms with Gasteiger partial charge in [0.15, 0.2) is 6.10 Å². The largest absolute Gasteiger partial charge is 0.358 e.